The molecule has 0 bridgehead atoms. The highest BCUT2D eigenvalue weighted by molar-refractivity contribution is 5.70. The van der Waals surface area contributed by atoms with Gasteiger partial charge in [0.25, 0.3) is 0 Å². The van der Waals surface area contributed by atoms with Crippen molar-refractivity contribution in [1.82, 2.24) is 19.9 Å². The number of morpholine rings is 1. The molecule has 202 valence electrons. The van der Waals surface area contributed by atoms with Crippen LogP contribution in [0.5, 0.6) is 0 Å². The number of nitrogens with two attached hydrogens (primary N) is 1. The zero-order chi connectivity index (χ0) is 27.2. The number of halogens is 3. The summed E-state index contributed by atoms with van der Waals surface area (Å²) in [4.78, 5) is 29.6. The summed E-state index contributed by atoms with van der Waals surface area (Å²) in [7, 11) is 1.65. The summed E-state index contributed by atoms with van der Waals surface area (Å²) in [5.74, 6) is 0.00161. The summed E-state index contributed by atoms with van der Waals surface area (Å²) < 4.78 is 53.5. The number of nitrogen functional groups attached to an aromatic ring is 1. The lowest BCUT2D eigenvalue weighted by Crippen LogP contribution is -2.49. The summed E-state index contributed by atoms with van der Waals surface area (Å²) in [5.41, 5.74) is 3.26. The smallest absolute Gasteiger partial charge is 0.417 e. The van der Waals surface area contributed by atoms with Crippen LogP contribution in [-0.2, 0) is 21.3 Å². The van der Waals surface area contributed by atoms with Crippen molar-refractivity contribution in [3.8, 4) is 11.3 Å². The molecule has 0 radical (unpaired) electrons. The lowest BCUT2D eigenvalue weighted by molar-refractivity contribution is -0.137. The third kappa shape index (κ3) is 5.43. The summed E-state index contributed by atoms with van der Waals surface area (Å²) >= 11 is 0. The minimum atomic E-state index is -4.68. The Morgan fingerprint density at radius 1 is 1.24 bits per heavy atom. The molecule has 2 aromatic rings. The highest BCUT2D eigenvalue weighted by Crippen LogP contribution is 2.46. The van der Waals surface area contributed by atoms with E-state index in [9.17, 15) is 18.0 Å². The van der Waals surface area contributed by atoms with Gasteiger partial charge in [0.15, 0.2) is 5.60 Å². The number of aromatic nitrogens is 3. The molecule has 3 heterocycles. The monoisotopic (exact) mass is 522 g/mol. The van der Waals surface area contributed by atoms with Crippen LogP contribution in [0.25, 0.3) is 11.3 Å². The number of alkyl halides is 3. The van der Waals surface area contributed by atoms with Crippen molar-refractivity contribution in [2.75, 3.05) is 37.4 Å². The third-order valence-electron chi connectivity index (χ3n) is 7.04. The highest BCUT2D eigenvalue weighted by atomic mass is 19.4. The van der Waals surface area contributed by atoms with E-state index in [4.69, 9.17) is 20.2 Å². The van der Waals surface area contributed by atoms with Crippen molar-refractivity contribution >= 4 is 17.9 Å². The predicted molar refractivity (Wildman–Crippen MR) is 132 cm³/mol. The first-order valence-corrected chi connectivity index (χ1v) is 12.3. The Bertz CT molecular complexity index is 1160. The molecule has 1 amide bonds. The van der Waals surface area contributed by atoms with E-state index < -0.39 is 29.0 Å². The molecule has 2 aliphatic rings. The molecule has 1 saturated carbocycles. The molecule has 9 nitrogen and oxygen atoms in total. The van der Waals surface area contributed by atoms with Gasteiger partial charge in [-0.25, -0.2) is 19.7 Å². The Hall–Kier alpha value is -3.15. The van der Waals surface area contributed by atoms with Crippen molar-refractivity contribution < 1.29 is 27.4 Å². The molecule has 12 heteroatoms. The molecule has 1 aliphatic carbocycles. The fourth-order valence-corrected chi connectivity index (χ4v) is 4.29. The molecule has 1 atom stereocenters. The molecule has 2 fully saturated rings. The van der Waals surface area contributed by atoms with Gasteiger partial charge in [-0.1, -0.05) is 0 Å². The average molecular weight is 523 g/mol. The van der Waals surface area contributed by atoms with Crippen LogP contribution >= 0.6 is 0 Å². The Morgan fingerprint density at radius 3 is 2.51 bits per heavy atom. The Balaban J connectivity index is 1.85. The first-order chi connectivity index (χ1) is 17.2. The van der Waals surface area contributed by atoms with Crippen molar-refractivity contribution in [2.45, 2.75) is 70.3 Å². The zero-order valence-electron chi connectivity index (χ0n) is 21.7. The van der Waals surface area contributed by atoms with E-state index in [0.29, 0.717) is 38.3 Å². The van der Waals surface area contributed by atoms with Crippen molar-refractivity contribution in [3.05, 3.63) is 29.6 Å². The molecule has 0 unspecified atom stereocenters. The van der Waals surface area contributed by atoms with Crippen LogP contribution in [0.4, 0.5) is 29.7 Å². The van der Waals surface area contributed by atoms with Crippen LogP contribution in [0.1, 0.15) is 58.2 Å². The van der Waals surface area contributed by atoms with Crippen molar-refractivity contribution in [1.29, 1.82) is 0 Å². The second kappa shape index (κ2) is 9.62. The molecule has 0 spiro atoms. The van der Waals surface area contributed by atoms with E-state index in [1.54, 1.807) is 7.05 Å². The van der Waals surface area contributed by atoms with Gasteiger partial charge in [-0.3, -0.25) is 0 Å². The first-order valence-electron chi connectivity index (χ1n) is 12.3. The number of nitrogens with zero attached hydrogens (tertiary/aromatic N) is 5. The van der Waals surface area contributed by atoms with Gasteiger partial charge < -0.3 is 25.0 Å². The molecule has 0 aromatic carbocycles. The lowest BCUT2D eigenvalue weighted by Gasteiger charge is -2.43. The summed E-state index contributed by atoms with van der Waals surface area (Å²) in [6.45, 7) is 8.91. The van der Waals surface area contributed by atoms with E-state index in [1.807, 2.05) is 32.6 Å². The van der Waals surface area contributed by atoms with Gasteiger partial charge in [-0.2, -0.15) is 13.2 Å². The normalized spacial score (nSPS) is 19.8. The molecular weight excluding hydrogens is 489 g/mol. The highest BCUT2D eigenvalue weighted by Gasteiger charge is 2.46. The van der Waals surface area contributed by atoms with Crippen LogP contribution in [0.15, 0.2) is 18.3 Å². The van der Waals surface area contributed by atoms with Crippen molar-refractivity contribution in [3.63, 3.8) is 0 Å². The minimum absolute atomic E-state index is 0.0324. The van der Waals surface area contributed by atoms with E-state index in [1.165, 1.54) is 11.0 Å². The maximum Gasteiger partial charge on any atom is 0.417 e. The molecule has 2 N–H and O–H groups in total. The summed E-state index contributed by atoms with van der Waals surface area (Å²) in [6.07, 6.45) is -2.36. The maximum atomic E-state index is 14.0. The molecule has 1 aliphatic heterocycles. The molecule has 37 heavy (non-hydrogen) atoms. The van der Waals surface area contributed by atoms with Gasteiger partial charge in [0, 0.05) is 30.9 Å². The largest absolute Gasteiger partial charge is 0.436 e. The van der Waals surface area contributed by atoms with Crippen LogP contribution in [0.2, 0.25) is 0 Å². The van der Waals surface area contributed by atoms with Gasteiger partial charge in [0.05, 0.1) is 36.2 Å². The van der Waals surface area contributed by atoms with E-state index in [-0.39, 0.29) is 29.1 Å². The molecule has 4 rings (SSSR count). The molecule has 1 saturated heterocycles. The van der Waals surface area contributed by atoms with Gasteiger partial charge in [-0.05, 0) is 59.1 Å². The van der Waals surface area contributed by atoms with Crippen LogP contribution < -0.4 is 10.6 Å². The summed E-state index contributed by atoms with van der Waals surface area (Å²) in [6, 6.07) is 2.17. The number of hydrogen-bond acceptors (Lipinski definition) is 8. The van der Waals surface area contributed by atoms with Crippen molar-refractivity contribution in [2.24, 2.45) is 0 Å². The maximum absolute atomic E-state index is 14.0. The number of rotatable bonds is 4. The fourth-order valence-electron chi connectivity index (χ4n) is 4.29. The number of carbonyl (C=O) groups excluding carboxylic acids is 1. The Kier molecular flexibility index (Phi) is 7.00. The van der Waals surface area contributed by atoms with Crippen LogP contribution in [0.3, 0.4) is 0 Å². The average Bonchev–Trinajstić information content (AvgIpc) is 2.79. The molecule has 2 aromatic heterocycles. The van der Waals surface area contributed by atoms with Gasteiger partial charge >= 0.3 is 12.3 Å². The van der Waals surface area contributed by atoms with Gasteiger partial charge in [0.2, 0.25) is 5.95 Å². The third-order valence-corrected chi connectivity index (χ3v) is 7.04. The predicted octanol–water partition coefficient (Wildman–Crippen LogP) is 4.61. The second-order valence-corrected chi connectivity index (χ2v) is 10.7. The fraction of sp³-hybridized carbons (Fsp3) is 0.600. The van der Waals surface area contributed by atoms with E-state index >= 15 is 0 Å². The number of carbonyl (C=O) groups is 1. The molecular formula is C25H33F3N6O3. The van der Waals surface area contributed by atoms with Gasteiger partial charge in [0.1, 0.15) is 5.82 Å². The number of pyridine rings is 1. The van der Waals surface area contributed by atoms with E-state index in [0.717, 1.165) is 18.7 Å². The van der Waals surface area contributed by atoms with Crippen LogP contribution in [0, 0.1) is 0 Å². The quantitative estimate of drug-likeness (QED) is 0.621. The van der Waals surface area contributed by atoms with Crippen LogP contribution in [-0.4, -0.2) is 64.3 Å². The summed E-state index contributed by atoms with van der Waals surface area (Å²) in [5, 5.41) is 0. The first kappa shape index (κ1) is 26.9. The second-order valence-electron chi connectivity index (χ2n) is 10.7. The number of ether oxygens (including phenoxy) is 2. The minimum Gasteiger partial charge on any atom is -0.436 e. The number of hydrogen-bond donors (Lipinski definition) is 1. The standard InChI is InChI=1S/C25H33F3N6O3/c1-15-14-36-10-9-34(15)21-31-18(16-13-30-20(29)11-17(16)25(26,27)28)12-19(32-21)24(7-6-8-24)37-22(35)33(5)23(2,3)4/h11-13,15H,6-10,14H2,1-5H3,(H2,29,30)/t15-/m0/s1. The van der Waals surface area contributed by atoms with E-state index in [2.05, 4.69) is 9.97 Å². The lowest BCUT2D eigenvalue weighted by atomic mass is 9.77. The number of anilines is 2. The topological polar surface area (TPSA) is 107 Å². The SMILES string of the molecule is C[C@H]1COCCN1c1nc(-c2cnc(N)cc2C(F)(F)F)cc(C2(OC(=O)N(C)C(C)(C)C)CCC2)n1. The Labute approximate surface area is 214 Å². The Morgan fingerprint density at radius 2 is 1.95 bits per heavy atom. The number of amides is 1. The zero-order valence-corrected chi connectivity index (χ0v) is 21.7. The van der Waals surface area contributed by atoms with Gasteiger partial charge in [-0.15, -0.1) is 0 Å².